The Labute approximate surface area is 114 Å². The molecule has 0 aromatic carbocycles. The standard InChI is InChI=1S/C11H15N3O4S/c1-7-8(19-6-13-7)4-12-10(17)14-11(9(15)16)2-3-18-5-11/h6H,2-5H2,1H3,(H,15,16)(H2,12,14,17). The van der Waals surface area contributed by atoms with Crippen LogP contribution in [0.15, 0.2) is 5.51 Å². The highest BCUT2D eigenvalue weighted by molar-refractivity contribution is 7.09. The van der Waals surface area contributed by atoms with Gasteiger partial charge < -0.3 is 20.5 Å². The molecule has 1 aliphatic rings. The third kappa shape index (κ3) is 3.02. The summed E-state index contributed by atoms with van der Waals surface area (Å²) in [5.41, 5.74) is 1.25. The van der Waals surface area contributed by atoms with Gasteiger partial charge in [0.1, 0.15) is 0 Å². The summed E-state index contributed by atoms with van der Waals surface area (Å²) in [4.78, 5) is 28.0. The van der Waals surface area contributed by atoms with Crippen LogP contribution in [-0.4, -0.2) is 40.8 Å². The summed E-state index contributed by atoms with van der Waals surface area (Å²) in [6, 6.07) is -0.513. The molecule has 1 aliphatic heterocycles. The molecule has 0 radical (unpaired) electrons. The van der Waals surface area contributed by atoms with Crippen LogP contribution in [0.4, 0.5) is 4.79 Å². The van der Waals surface area contributed by atoms with Gasteiger partial charge in [0, 0.05) is 17.9 Å². The average Bonchev–Trinajstić information content (AvgIpc) is 2.97. The number of aromatic nitrogens is 1. The van der Waals surface area contributed by atoms with Crippen LogP contribution in [0, 0.1) is 6.92 Å². The van der Waals surface area contributed by atoms with Gasteiger partial charge in [-0.05, 0) is 6.92 Å². The van der Waals surface area contributed by atoms with E-state index in [1.165, 1.54) is 11.3 Å². The Bertz CT molecular complexity index is 482. The van der Waals surface area contributed by atoms with Crippen LogP contribution >= 0.6 is 11.3 Å². The molecule has 1 aromatic heterocycles. The van der Waals surface area contributed by atoms with Crippen molar-refractivity contribution < 1.29 is 19.4 Å². The highest BCUT2D eigenvalue weighted by Gasteiger charge is 2.43. The fraction of sp³-hybridized carbons (Fsp3) is 0.545. The minimum Gasteiger partial charge on any atom is -0.479 e. The SMILES string of the molecule is Cc1ncsc1CNC(=O)NC1(C(=O)O)CCOC1. The average molecular weight is 285 g/mol. The second-order valence-electron chi connectivity index (χ2n) is 4.36. The second kappa shape index (κ2) is 5.54. The number of hydrogen-bond acceptors (Lipinski definition) is 5. The first kappa shape index (κ1) is 13.8. The van der Waals surface area contributed by atoms with Crippen molar-refractivity contribution in [1.82, 2.24) is 15.6 Å². The lowest BCUT2D eigenvalue weighted by molar-refractivity contribution is -0.144. The van der Waals surface area contributed by atoms with Crippen molar-refractivity contribution >= 4 is 23.3 Å². The molecule has 0 bridgehead atoms. The van der Waals surface area contributed by atoms with Crippen LogP contribution in [0.5, 0.6) is 0 Å². The van der Waals surface area contributed by atoms with Crippen LogP contribution in [0.2, 0.25) is 0 Å². The number of thiazole rings is 1. The van der Waals surface area contributed by atoms with E-state index in [-0.39, 0.29) is 13.0 Å². The Morgan fingerprint density at radius 3 is 2.95 bits per heavy atom. The first-order valence-electron chi connectivity index (χ1n) is 5.80. The third-order valence-electron chi connectivity index (χ3n) is 3.04. The normalized spacial score (nSPS) is 22.2. The molecule has 19 heavy (non-hydrogen) atoms. The third-order valence-corrected chi connectivity index (χ3v) is 3.97. The molecule has 0 saturated carbocycles. The quantitative estimate of drug-likeness (QED) is 0.747. The second-order valence-corrected chi connectivity index (χ2v) is 5.30. The minimum atomic E-state index is -1.31. The maximum absolute atomic E-state index is 11.8. The summed E-state index contributed by atoms with van der Waals surface area (Å²) >= 11 is 1.45. The van der Waals surface area contributed by atoms with Gasteiger partial charge >= 0.3 is 12.0 Å². The van der Waals surface area contributed by atoms with E-state index in [1.807, 2.05) is 6.92 Å². The van der Waals surface area contributed by atoms with Crippen LogP contribution in [0.25, 0.3) is 0 Å². The fourth-order valence-corrected chi connectivity index (χ4v) is 2.52. The zero-order chi connectivity index (χ0) is 13.9. The number of aliphatic carboxylic acids is 1. The van der Waals surface area contributed by atoms with Gasteiger partial charge in [0.15, 0.2) is 5.54 Å². The van der Waals surface area contributed by atoms with Crippen molar-refractivity contribution in [3.05, 3.63) is 16.1 Å². The van der Waals surface area contributed by atoms with E-state index in [4.69, 9.17) is 4.74 Å². The van der Waals surface area contributed by atoms with E-state index in [1.54, 1.807) is 5.51 Å². The maximum Gasteiger partial charge on any atom is 0.332 e. The molecule has 1 atom stereocenters. The number of nitrogens with zero attached hydrogens (tertiary/aromatic N) is 1. The van der Waals surface area contributed by atoms with Crippen molar-refractivity contribution in [2.75, 3.05) is 13.2 Å². The number of amides is 2. The topological polar surface area (TPSA) is 101 Å². The van der Waals surface area contributed by atoms with Crippen LogP contribution in [-0.2, 0) is 16.1 Å². The number of carbonyl (C=O) groups is 2. The molecule has 8 heteroatoms. The molecule has 0 aliphatic carbocycles. The molecular formula is C11H15N3O4S. The molecule has 0 spiro atoms. The van der Waals surface area contributed by atoms with Gasteiger partial charge in [0.05, 0.1) is 24.4 Å². The lowest BCUT2D eigenvalue weighted by Crippen LogP contribution is -2.57. The number of carbonyl (C=O) groups excluding carboxylic acids is 1. The Morgan fingerprint density at radius 1 is 1.63 bits per heavy atom. The summed E-state index contributed by atoms with van der Waals surface area (Å²) in [6.45, 7) is 2.52. The number of carboxylic acid groups (broad SMARTS) is 1. The number of ether oxygens (including phenoxy) is 1. The van der Waals surface area contributed by atoms with Crippen LogP contribution in [0.3, 0.4) is 0 Å². The maximum atomic E-state index is 11.8. The van der Waals surface area contributed by atoms with E-state index < -0.39 is 17.5 Å². The zero-order valence-corrected chi connectivity index (χ0v) is 11.2. The van der Waals surface area contributed by atoms with Crippen molar-refractivity contribution in [3.8, 4) is 0 Å². The Balaban J connectivity index is 1.90. The molecule has 2 amide bonds. The van der Waals surface area contributed by atoms with Gasteiger partial charge in [0.2, 0.25) is 0 Å². The van der Waals surface area contributed by atoms with Crippen LogP contribution < -0.4 is 10.6 Å². The molecule has 2 rings (SSSR count). The number of aryl methyl sites for hydroxylation is 1. The molecule has 1 unspecified atom stereocenters. The molecule has 104 valence electrons. The molecule has 1 fully saturated rings. The van der Waals surface area contributed by atoms with Gasteiger partial charge in [-0.1, -0.05) is 0 Å². The molecular weight excluding hydrogens is 270 g/mol. The van der Waals surface area contributed by atoms with Crippen LogP contribution in [0.1, 0.15) is 17.0 Å². The van der Waals surface area contributed by atoms with E-state index >= 15 is 0 Å². The first-order chi connectivity index (χ1) is 9.03. The summed E-state index contributed by atoms with van der Waals surface area (Å²) < 4.78 is 5.06. The highest BCUT2D eigenvalue weighted by atomic mass is 32.1. The van der Waals surface area contributed by atoms with Gasteiger partial charge in [-0.15, -0.1) is 11.3 Å². The summed E-state index contributed by atoms with van der Waals surface area (Å²) in [6.07, 6.45) is 0.273. The van der Waals surface area contributed by atoms with Crippen molar-refractivity contribution in [1.29, 1.82) is 0 Å². The van der Waals surface area contributed by atoms with Crippen molar-refractivity contribution in [2.24, 2.45) is 0 Å². The predicted molar refractivity (Wildman–Crippen MR) is 68.0 cm³/mol. The Kier molecular flexibility index (Phi) is 4.01. The first-order valence-corrected chi connectivity index (χ1v) is 6.67. The number of urea groups is 1. The largest absolute Gasteiger partial charge is 0.479 e. The Morgan fingerprint density at radius 2 is 2.42 bits per heavy atom. The molecule has 2 heterocycles. The van der Waals surface area contributed by atoms with Crippen molar-refractivity contribution in [3.63, 3.8) is 0 Å². The summed E-state index contributed by atoms with van der Waals surface area (Å²) in [5, 5.41) is 14.3. The minimum absolute atomic E-state index is 0.00462. The smallest absolute Gasteiger partial charge is 0.332 e. The molecule has 3 N–H and O–H groups in total. The van der Waals surface area contributed by atoms with Gasteiger partial charge in [0.25, 0.3) is 0 Å². The number of nitrogens with one attached hydrogen (secondary N) is 2. The molecule has 1 saturated heterocycles. The lowest BCUT2D eigenvalue weighted by Gasteiger charge is -2.23. The van der Waals surface area contributed by atoms with Gasteiger partial charge in [-0.25, -0.2) is 14.6 Å². The summed E-state index contributed by atoms with van der Waals surface area (Å²) in [7, 11) is 0. The number of rotatable bonds is 4. The highest BCUT2D eigenvalue weighted by Crippen LogP contribution is 2.19. The van der Waals surface area contributed by atoms with E-state index in [0.29, 0.717) is 13.2 Å². The van der Waals surface area contributed by atoms with E-state index in [2.05, 4.69) is 15.6 Å². The van der Waals surface area contributed by atoms with Gasteiger partial charge in [-0.3, -0.25) is 0 Å². The fourth-order valence-electron chi connectivity index (χ4n) is 1.80. The van der Waals surface area contributed by atoms with Crippen molar-refractivity contribution in [2.45, 2.75) is 25.4 Å². The van der Waals surface area contributed by atoms with E-state index in [9.17, 15) is 14.7 Å². The zero-order valence-electron chi connectivity index (χ0n) is 10.4. The number of hydrogen-bond donors (Lipinski definition) is 3. The van der Waals surface area contributed by atoms with E-state index in [0.717, 1.165) is 10.6 Å². The number of carboxylic acids is 1. The Hall–Kier alpha value is -1.67. The molecule has 1 aromatic rings. The van der Waals surface area contributed by atoms with Gasteiger partial charge in [-0.2, -0.15) is 0 Å². The predicted octanol–water partition coefficient (Wildman–Crippen LogP) is 0.494. The lowest BCUT2D eigenvalue weighted by atomic mass is 9.99. The monoisotopic (exact) mass is 285 g/mol. The summed E-state index contributed by atoms with van der Waals surface area (Å²) in [5.74, 6) is -1.07. The molecule has 7 nitrogen and oxygen atoms in total.